The van der Waals surface area contributed by atoms with Gasteiger partial charge in [0.2, 0.25) is 0 Å². The first-order valence-electron chi connectivity index (χ1n) is 6.97. The molecule has 0 radical (unpaired) electrons. The van der Waals surface area contributed by atoms with Crippen molar-refractivity contribution in [3.63, 3.8) is 0 Å². The Balaban J connectivity index is 2.14. The summed E-state index contributed by atoms with van der Waals surface area (Å²) < 4.78 is 5.45. The molecule has 1 aromatic heterocycles. The second-order valence-electron chi connectivity index (χ2n) is 5.22. The molecule has 0 bridgehead atoms. The van der Waals surface area contributed by atoms with Crippen molar-refractivity contribution in [1.82, 2.24) is 10.3 Å². The van der Waals surface area contributed by atoms with Crippen molar-refractivity contribution in [2.24, 2.45) is 5.84 Å². The highest BCUT2D eigenvalue weighted by Gasteiger charge is 2.18. The Bertz CT molecular complexity index is 578. The van der Waals surface area contributed by atoms with E-state index in [0.717, 1.165) is 6.54 Å². The first-order chi connectivity index (χ1) is 10.1. The lowest BCUT2D eigenvalue weighted by molar-refractivity contribution is 0.0948. The number of nitrogens with one attached hydrogen (secondary N) is 1. The number of carbonyl (C=O) groups excluding carboxylic acids is 1. The third kappa shape index (κ3) is 3.93. The number of hydrogen-bond acceptors (Lipinski definition) is 4. The molecule has 0 unspecified atom stereocenters. The summed E-state index contributed by atoms with van der Waals surface area (Å²) in [6.45, 7) is 5.59. The minimum atomic E-state index is -0.331. The van der Waals surface area contributed by atoms with Gasteiger partial charge in [-0.25, -0.2) is 5.84 Å². The molecule has 0 fully saturated rings. The van der Waals surface area contributed by atoms with Gasteiger partial charge in [-0.1, -0.05) is 30.3 Å². The summed E-state index contributed by atoms with van der Waals surface area (Å²) in [7, 11) is 0. The number of hydrazine groups is 1. The molecule has 1 heterocycles. The smallest absolute Gasteiger partial charge is 0.268 e. The minimum absolute atomic E-state index is 0.323. The van der Waals surface area contributed by atoms with Gasteiger partial charge in [0.05, 0.1) is 18.4 Å². The summed E-state index contributed by atoms with van der Waals surface area (Å²) in [5.41, 5.74) is 3.85. The van der Waals surface area contributed by atoms with Crippen LogP contribution in [-0.2, 0) is 13.1 Å². The summed E-state index contributed by atoms with van der Waals surface area (Å²) >= 11 is 0. The van der Waals surface area contributed by atoms with Crippen LogP contribution in [0.3, 0.4) is 0 Å². The maximum absolute atomic E-state index is 11.7. The van der Waals surface area contributed by atoms with Crippen molar-refractivity contribution in [2.75, 3.05) is 0 Å². The number of amides is 1. The molecule has 5 heteroatoms. The summed E-state index contributed by atoms with van der Waals surface area (Å²) in [5.74, 6) is 5.49. The van der Waals surface area contributed by atoms with E-state index in [1.165, 1.54) is 11.8 Å². The van der Waals surface area contributed by atoms with Gasteiger partial charge < -0.3 is 4.42 Å². The van der Waals surface area contributed by atoms with Gasteiger partial charge in [0.15, 0.2) is 0 Å². The molecular formula is C16H21N3O2. The molecule has 0 spiro atoms. The highest BCUT2D eigenvalue weighted by molar-refractivity contribution is 5.94. The van der Waals surface area contributed by atoms with Crippen molar-refractivity contribution >= 4 is 5.91 Å². The van der Waals surface area contributed by atoms with Crippen molar-refractivity contribution in [3.05, 3.63) is 59.5 Å². The summed E-state index contributed by atoms with van der Waals surface area (Å²) in [4.78, 5) is 13.9. The molecule has 5 nitrogen and oxygen atoms in total. The Kier molecular flexibility index (Phi) is 5.14. The molecule has 2 aromatic rings. The average Bonchev–Trinajstić information content (AvgIpc) is 2.95. The van der Waals surface area contributed by atoms with Crippen LogP contribution in [0.25, 0.3) is 0 Å². The first kappa shape index (κ1) is 15.3. The Hall–Kier alpha value is -2.11. The molecular weight excluding hydrogens is 266 g/mol. The van der Waals surface area contributed by atoms with Gasteiger partial charge in [0.1, 0.15) is 5.76 Å². The second-order valence-corrected chi connectivity index (χ2v) is 5.22. The van der Waals surface area contributed by atoms with E-state index in [1.807, 2.05) is 18.2 Å². The van der Waals surface area contributed by atoms with E-state index >= 15 is 0 Å². The molecule has 2 rings (SSSR count). The van der Waals surface area contributed by atoms with E-state index in [9.17, 15) is 4.79 Å². The predicted octanol–water partition coefficient (Wildman–Crippen LogP) is 2.29. The van der Waals surface area contributed by atoms with Crippen LogP contribution in [0.4, 0.5) is 0 Å². The average molecular weight is 287 g/mol. The molecule has 0 aliphatic heterocycles. The maximum atomic E-state index is 11.7. The van der Waals surface area contributed by atoms with Crippen molar-refractivity contribution in [1.29, 1.82) is 0 Å². The largest absolute Gasteiger partial charge is 0.467 e. The number of carbonyl (C=O) groups is 1. The zero-order chi connectivity index (χ0) is 15.2. The fraction of sp³-hybridized carbons (Fsp3) is 0.312. The van der Waals surface area contributed by atoms with Crippen LogP contribution >= 0.6 is 0 Å². The Labute approximate surface area is 124 Å². The van der Waals surface area contributed by atoms with E-state index in [1.54, 1.807) is 6.07 Å². The van der Waals surface area contributed by atoms with E-state index in [-0.39, 0.29) is 5.91 Å². The quantitative estimate of drug-likeness (QED) is 0.486. The zero-order valence-electron chi connectivity index (χ0n) is 12.4. The second kappa shape index (κ2) is 7.06. The number of hydrogen-bond donors (Lipinski definition) is 2. The predicted molar refractivity (Wildman–Crippen MR) is 81.2 cm³/mol. The van der Waals surface area contributed by atoms with Crippen LogP contribution in [0.2, 0.25) is 0 Å². The molecule has 0 saturated heterocycles. The molecule has 0 saturated carbocycles. The van der Waals surface area contributed by atoms with Crippen molar-refractivity contribution in [2.45, 2.75) is 33.0 Å². The molecule has 21 heavy (non-hydrogen) atoms. The Morgan fingerprint density at radius 1 is 1.24 bits per heavy atom. The third-order valence-electron chi connectivity index (χ3n) is 3.43. The van der Waals surface area contributed by atoms with Crippen LogP contribution in [-0.4, -0.2) is 16.8 Å². The number of benzene rings is 1. The van der Waals surface area contributed by atoms with Gasteiger partial charge in [-0.3, -0.25) is 15.1 Å². The van der Waals surface area contributed by atoms with Crippen LogP contribution < -0.4 is 11.3 Å². The number of furan rings is 1. The van der Waals surface area contributed by atoms with Crippen LogP contribution in [0.15, 0.2) is 47.1 Å². The molecule has 1 amide bonds. The van der Waals surface area contributed by atoms with Gasteiger partial charge in [-0.15, -0.1) is 0 Å². The van der Waals surface area contributed by atoms with E-state index in [2.05, 4.69) is 36.3 Å². The highest BCUT2D eigenvalue weighted by atomic mass is 16.3. The third-order valence-corrected chi connectivity index (χ3v) is 3.43. The number of nitrogens with zero attached hydrogens (tertiary/aromatic N) is 1. The van der Waals surface area contributed by atoms with E-state index in [4.69, 9.17) is 10.3 Å². The summed E-state index contributed by atoms with van der Waals surface area (Å²) in [6.07, 6.45) is 1.51. The van der Waals surface area contributed by atoms with Gasteiger partial charge in [-0.05, 0) is 25.5 Å². The highest BCUT2D eigenvalue weighted by Crippen LogP contribution is 2.17. The van der Waals surface area contributed by atoms with Gasteiger partial charge in [0.25, 0.3) is 5.91 Å². The summed E-state index contributed by atoms with van der Waals surface area (Å²) in [6, 6.07) is 12.2. The van der Waals surface area contributed by atoms with Gasteiger partial charge >= 0.3 is 0 Å². The molecule has 0 aliphatic rings. The van der Waals surface area contributed by atoms with E-state index < -0.39 is 0 Å². The van der Waals surface area contributed by atoms with Crippen molar-refractivity contribution < 1.29 is 9.21 Å². The lowest BCUT2D eigenvalue weighted by Crippen LogP contribution is -2.33. The molecule has 0 atom stereocenters. The van der Waals surface area contributed by atoms with Crippen LogP contribution in [0, 0.1) is 0 Å². The van der Waals surface area contributed by atoms with E-state index in [0.29, 0.717) is 23.9 Å². The molecule has 3 N–H and O–H groups in total. The number of rotatable bonds is 6. The normalized spacial score (nSPS) is 11.1. The lowest BCUT2D eigenvalue weighted by Gasteiger charge is -2.26. The van der Waals surface area contributed by atoms with Gasteiger partial charge in [-0.2, -0.15) is 0 Å². The number of nitrogens with two attached hydrogens (primary N) is 1. The SMILES string of the molecule is CC(C)N(Cc1ccccc1)Cc1occc1C(=O)NN. The fourth-order valence-corrected chi connectivity index (χ4v) is 2.17. The molecule has 0 aliphatic carbocycles. The fourth-order valence-electron chi connectivity index (χ4n) is 2.17. The topological polar surface area (TPSA) is 71.5 Å². The summed E-state index contributed by atoms with van der Waals surface area (Å²) in [5, 5.41) is 0. The minimum Gasteiger partial charge on any atom is -0.467 e. The number of nitrogen functional groups attached to an aromatic ring is 1. The van der Waals surface area contributed by atoms with Crippen LogP contribution in [0.1, 0.15) is 35.5 Å². The zero-order valence-corrected chi connectivity index (χ0v) is 12.4. The van der Waals surface area contributed by atoms with Gasteiger partial charge in [0, 0.05) is 12.6 Å². The standard InChI is InChI=1S/C16H21N3O2/c1-12(2)19(10-13-6-4-3-5-7-13)11-15-14(8-9-21-15)16(20)18-17/h3-9,12H,10-11,17H2,1-2H3,(H,18,20). The molecule has 112 valence electrons. The monoisotopic (exact) mass is 287 g/mol. The lowest BCUT2D eigenvalue weighted by atomic mass is 10.1. The Morgan fingerprint density at radius 3 is 2.57 bits per heavy atom. The molecule has 1 aromatic carbocycles. The van der Waals surface area contributed by atoms with Crippen molar-refractivity contribution in [3.8, 4) is 0 Å². The first-order valence-corrected chi connectivity index (χ1v) is 6.97. The maximum Gasteiger partial charge on any atom is 0.268 e. The Morgan fingerprint density at radius 2 is 1.95 bits per heavy atom. The van der Waals surface area contributed by atoms with Crippen LogP contribution in [0.5, 0.6) is 0 Å².